The van der Waals surface area contributed by atoms with Gasteiger partial charge in [0.25, 0.3) is 0 Å². The number of hydrogen-bond acceptors (Lipinski definition) is 69. The van der Waals surface area contributed by atoms with Crippen LogP contribution in [0.1, 0.15) is 0 Å². The minimum absolute atomic E-state index is 1.46. The zero-order valence-electron chi connectivity index (χ0n) is 29.6. The van der Waals surface area contributed by atoms with Gasteiger partial charge >= 0.3 is 0 Å². The molecule has 70 heteroatoms. The molecule has 0 aliphatic carbocycles. The highest BCUT2D eigenvalue weighted by atomic mass is 34.1. The minimum atomic E-state index is -1.80. The first-order chi connectivity index (χ1) is 35.1. The van der Waals surface area contributed by atoms with Gasteiger partial charge in [0.1, 0.15) is 0 Å². The van der Waals surface area contributed by atoms with Gasteiger partial charge in [-0.3, -0.25) is 0 Å². The maximum Gasteiger partial charge on any atom is 0.0817 e. The Hall–Kier alpha value is 23.9. The van der Waals surface area contributed by atoms with E-state index in [4.69, 9.17) is 26.6 Å². The summed E-state index contributed by atoms with van der Waals surface area (Å²) < 4.78 is 5.12. The standard InChI is InChI=1S/CH4OS69/c1-2-71(4,5)70-69-68-67-66-65-64-63-62-61-60-59-58-57-56-55-54-53-52-51-50-49-48-47-46-45-44-43-42-41-40-39-38-37-36-35-34-33-32-31-30-29-28-27-26-25-24-23-22-21-20-19-18-17-16-15-14-13-12-11-10-9-8-7-6-3/h3H,1H3. The highest BCUT2D eigenvalue weighted by Crippen LogP contribution is 2.71. The first-order valence-electron chi connectivity index (χ1n) is 11.9. The summed E-state index contributed by atoms with van der Waals surface area (Å²) >= 11 is 14.4. The molecular formula is CH4OS69. The predicted octanol–water partition coefficient (Wildman–Crippen LogP) is 42.6. The Morgan fingerprint density at radius 3 is 0.394 bits per heavy atom. The molecule has 0 unspecified atom stereocenters. The van der Waals surface area contributed by atoms with Gasteiger partial charge < -0.3 is 4.18 Å². The average molecular weight is 2240 g/mol. The van der Waals surface area contributed by atoms with Crippen molar-refractivity contribution in [2.24, 2.45) is 0 Å². The van der Waals surface area contributed by atoms with Crippen molar-refractivity contribution < 1.29 is 4.18 Å². The maximum atomic E-state index is 5.17. The smallest absolute Gasteiger partial charge is 0.0817 e. The lowest BCUT2D eigenvalue weighted by Gasteiger charge is -2.03. The largest absolute Gasteiger partial charge is 0.305 e. The second-order valence-electron chi connectivity index (χ2n) is 5.00. The summed E-state index contributed by atoms with van der Waals surface area (Å²) in [6.45, 7) is -1.80. The Labute approximate surface area is 671 Å². The van der Waals surface area contributed by atoms with Crippen molar-refractivity contribution in [3.63, 3.8) is 0 Å². The Bertz CT molecular complexity index is 1020. The van der Waals surface area contributed by atoms with Crippen LogP contribution in [0.25, 0.3) is 0 Å². The highest BCUT2D eigenvalue weighted by molar-refractivity contribution is 9.65. The Kier molecular flexibility index (Phi) is 118. The van der Waals surface area contributed by atoms with E-state index in [2.05, 4.69) is 11.7 Å². The van der Waals surface area contributed by atoms with E-state index in [1.165, 1.54) is 19.7 Å². The molecule has 0 aromatic carbocycles. The van der Waals surface area contributed by atoms with Crippen LogP contribution in [0.5, 0.6) is 0 Å². The molecule has 1 nitrogen and oxygen atoms in total. The first kappa shape index (κ1) is 94.9. The van der Waals surface area contributed by atoms with E-state index < -0.39 is 6.46 Å². The van der Waals surface area contributed by atoms with Gasteiger partial charge in [-0.05, 0) is 101 Å². The van der Waals surface area contributed by atoms with Crippen LogP contribution >= 0.6 is 650 Å². The summed E-state index contributed by atoms with van der Waals surface area (Å²) in [5.41, 5.74) is 0. The second-order valence-corrected chi connectivity index (χ2v) is 127. The van der Waals surface area contributed by atoms with Crippen molar-refractivity contribution in [3.05, 3.63) is 0 Å². The quantitative estimate of drug-likeness (QED) is 0.0352. The van der Waals surface area contributed by atoms with Crippen molar-refractivity contribution in [2.75, 3.05) is 7.11 Å². The van der Waals surface area contributed by atoms with Gasteiger partial charge in [-0.1, -0.05) is 11.7 Å². The molecule has 0 N–H and O–H groups in total. The molecular weight excluding hydrogens is 2240 g/mol. The van der Waals surface area contributed by atoms with E-state index in [9.17, 15) is 0 Å². The van der Waals surface area contributed by atoms with E-state index in [1.54, 1.807) is 154 Å². The van der Waals surface area contributed by atoms with Crippen LogP contribution in [-0.4, -0.2) is 7.11 Å². The molecule has 71 heavy (non-hydrogen) atoms. The van der Waals surface area contributed by atoms with Crippen molar-refractivity contribution in [1.29, 1.82) is 0 Å². The van der Waals surface area contributed by atoms with Crippen LogP contribution in [-0.2, 0) is 33.0 Å². The molecule has 0 bridgehead atoms. The van der Waals surface area contributed by atoms with Crippen LogP contribution in [0.3, 0.4) is 0 Å². The third-order valence-electron chi connectivity index (χ3n) is 2.07. The fourth-order valence-electron chi connectivity index (χ4n) is 0.777. The molecule has 0 heterocycles. The van der Waals surface area contributed by atoms with Crippen molar-refractivity contribution >= 4 is 679 Å². The van der Waals surface area contributed by atoms with Crippen LogP contribution in [0.15, 0.2) is 0 Å². The molecule has 0 spiro atoms. The predicted molar refractivity (Wildman–Crippen MR) is 532 cm³/mol. The summed E-state index contributed by atoms with van der Waals surface area (Å²) in [7, 11) is 118. The van der Waals surface area contributed by atoms with Gasteiger partial charge in [0.15, 0.2) is 0 Å². The van der Waals surface area contributed by atoms with Gasteiger partial charge in [0.05, 0.1) is 13.6 Å². The van der Waals surface area contributed by atoms with Crippen LogP contribution in [0.4, 0.5) is 0 Å². The zero-order valence-corrected chi connectivity index (χ0v) is 86.0. The Morgan fingerprint density at radius 2 is 0.296 bits per heavy atom. The monoisotopic (exact) mass is 2240 g/mol. The zero-order chi connectivity index (χ0) is 51.2. The molecule has 428 valence electrons. The lowest BCUT2D eigenvalue weighted by atomic mass is 11.8. The van der Waals surface area contributed by atoms with Crippen LogP contribution in [0.2, 0.25) is 0 Å². The maximum absolute atomic E-state index is 5.17. The third kappa shape index (κ3) is 89.9. The second kappa shape index (κ2) is 88.1. The molecule has 0 atom stereocenters. The van der Waals surface area contributed by atoms with E-state index in [0.717, 1.165) is 0 Å². The summed E-state index contributed by atoms with van der Waals surface area (Å²) in [5.74, 6) is 0. The van der Waals surface area contributed by atoms with Crippen molar-refractivity contribution in [2.45, 2.75) is 0 Å². The minimum Gasteiger partial charge on any atom is -0.305 e. The number of hydrogen-bond donors (Lipinski definition) is 1. The van der Waals surface area contributed by atoms with E-state index in [1.807, 2.05) is 472 Å². The van der Waals surface area contributed by atoms with Crippen molar-refractivity contribution in [1.82, 2.24) is 0 Å². The molecule has 0 saturated carbocycles. The van der Waals surface area contributed by atoms with Crippen LogP contribution in [0, 0.1) is 0 Å². The third-order valence-corrected chi connectivity index (χ3v) is 151. The summed E-state index contributed by atoms with van der Waals surface area (Å²) in [6, 6.07) is 0. The van der Waals surface area contributed by atoms with E-state index >= 15 is 0 Å². The Balaban J connectivity index is 3.09. The van der Waals surface area contributed by atoms with Gasteiger partial charge in [-0.15, -0.1) is 0 Å². The first-order valence-corrected chi connectivity index (χ1v) is 103. The molecule has 0 rings (SSSR count). The molecule has 0 radical (unpaired) electrons. The molecule has 0 aliphatic heterocycles. The molecule has 0 amide bonds. The SMILES string of the molecule is COS(=S)(=S)SSSSSSSSSSSSSSSSSSSSSSSSSSSSSSSSSSSSSSSSSSSSSSSSSSSSSSSSSSSSSSSSSS. The molecule has 0 aliphatic rings. The molecule has 0 aromatic rings. The number of rotatable bonds is 66. The summed E-state index contributed by atoms with van der Waals surface area (Å²) in [4.78, 5) is 0. The molecule has 0 fully saturated rings. The fourth-order valence-corrected chi connectivity index (χ4v) is 181. The van der Waals surface area contributed by atoms with Gasteiger partial charge in [-0.2, -0.15) is 0 Å². The van der Waals surface area contributed by atoms with Gasteiger partial charge in [0.2, 0.25) is 0 Å². The van der Waals surface area contributed by atoms with E-state index in [-0.39, 0.29) is 0 Å². The van der Waals surface area contributed by atoms with Gasteiger partial charge in [-0.25, -0.2) is 0 Å². The average Bonchev–Trinajstić information content (AvgIpc) is 3.37. The van der Waals surface area contributed by atoms with Gasteiger partial charge in [0, 0.05) is 560 Å². The van der Waals surface area contributed by atoms with Crippen LogP contribution < -0.4 is 0 Å². The molecule has 0 aromatic heterocycles. The number of thiol groups is 1. The summed E-state index contributed by atoms with van der Waals surface area (Å²) in [5, 5.41) is 0. The highest BCUT2D eigenvalue weighted by Gasteiger charge is 2.07. The summed E-state index contributed by atoms with van der Waals surface area (Å²) in [6.07, 6.45) is 0. The molecule has 0 saturated heterocycles. The Morgan fingerprint density at radius 1 is 0.197 bits per heavy atom. The fraction of sp³-hybridized carbons (Fsp3) is 1.00. The van der Waals surface area contributed by atoms with Crippen molar-refractivity contribution in [3.8, 4) is 0 Å². The normalized spacial score (nSPS) is 12.0. The lowest BCUT2D eigenvalue weighted by molar-refractivity contribution is 0.491. The van der Waals surface area contributed by atoms with E-state index in [0.29, 0.717) is 0 Å². The topological polar surface area (TPSA) is 9.23 Å². The lowest BCUT2D eigenvalue weighted by Crippen LogP contribution is -1.87.